The number of hydrogen-bond donors (Lipinski definition) is 3. The fourth-order valence-corrected chi connectivity index (χ4v) is 3.93. The van der Waals surface area contributed by atoms with Crippen molar-refractivity contribution in [2.45, 2.75) is 25.9 Å². The van der Waals surface area contributed by atoms with Gasteiger partial charge in [-0.1, -0.05) is 13.8 Å². The molecule has 4 rings (SSSR count). The van der Waals surface area contributed by atoms with Gasteiger partial charge in [0.15, 0.2) is 11.5 Å². The fourth-order valence-electron chi connectivity index (χ4n) is 3.93. The minimum absolute atomic E-state index is 0. The van der Waals surface area contributed by atoms with Gasteiger partial charge in [-0.05, 0) is 36.6 Å². The molecule has 28 heavy (non-hydrogen) atoms. The van der Waals surface area contributed by atoms with E-state index in [1.807, 2.05) is 11.0 Å². The van der Waals surface area contributed by atoms with E-state index >= 15 is 0 Å². The number of anilines is 1. The summed E-state index contributed by atoms with van der Waals surface area (Å²) >= 11 is 0. The summed E-state index contributed by atoms with van der Waals surface area (Å²) in [5, 5.41) is 22.1. The molecule has 0 saturated carbocycles. The summed E-state index contributed by atoms with van der Waals surface area (Å²) in [5.41, 5.74) is 0.380. The van der Waals surface area contributed by atoms with Gasteiger partial charge in [0, 0.05) is 42.0 Å². The van der Waals surface area contributed by atoms with Gasteiger partial charge in [0.05, 0.1) is 11.3 Å². The molecule has 1 aliphatic heterocycles. The van der Waals surface area contributed by atoms with Crippen molar-refractivity contribution in [3.63, 3.8) is 0 Å². The van der Waals surface area contributed by atoms with Gasteiger partial charge in [0.25, 0.3) is 0 Å². The predicted octanol–water partition coefficient (Wildman–Crippen LogP) is 3.08. The van der Waals surface area contributed by atoms with Crippen LogP contribution >= 0.6 is 0 Å². The molecular formula is C20H31FN6O. The molecule has 0 bridgehead atoms. The molecule has 7 nitrogen and oxygen atoms in total. The molecule has 1 aliphatic rings. The SMILES string of the molecule is CC(C)CC1(O)CNCCN(c2ccc(F)c(-c3[nH]nc4ncccc34)n2)C1.[HH].[HH].[HH]. The molecule has 1 fully saturated rings. The summed E-state index contributed by atoms with van der Waals surface area (Å²) in [7, 11) is 0. The normalized spacial score (nSPS) is 20.7. The number of rotatable bonds is 4. The van der Waals surface area contributed by atoms with Crippen LogP contribution in [0.5, 0.6) is 0 Å². The number of pyridine rings is 2. The molecule has 3 aromatic rings. The lowest BCUT2D eigenvalue weighted by Gasteiger charge is -2.33. The zero-order chi connectivity index (χ0) is 19.7. The van der Waals surface area contributed by atoms with Gasteiger partial charge in [-0.15, -0.1) is 0 Å². The number of aromatic amines is 1. The molecular weight excluding hydrogens is 359 g/mol. The zero-order valence-electron chi connectivity index (χ0n) is 16.1. The molecule has 1 atom stereocenters. The lowest BCUT2D eigenvalue weighted by Crippen LogP contribution is -2.47. The summed E-state index contributed by atoms with van der Waals surface area (Å²) in [6.45, 7) is 6.58. The minimum atomic E-state index is -0.856. The van der Waals surface area contributed by atoms with Crippen LogP contribution in [0.1, 0.15) is 24.5 Å². The number of aromatic nitrogens is 4. The van der Waals surface area contributed by atoms with Crippen LogP contribution in [-0.4, -0.2) is 57.1 Å². The van der Waals surface area contributed by atoms with Crippen LogP contribution in [-0.2, 0) is 0 Å². The first-order chi connectivity index (χ1) is 13.5. The highest BCUT2D eigenvalue weighted by Crippen LogP contribution is 2.29. The highest BCUT2D eigenvalue weighted by atomic mass is 19.1. The number of halogens is 1. The van der Waals surface area contributed by atoms with Crippen LogP contribution in [0.25, 0.3) is 22.4 Å². The highest BCUT2D eigenvalue weighted by molar-refractivity contribution is 5.89. The topological polar surface area (TPSA) is 90.0 Å². The van der Waals surface area contributed by atoms with Gasteiger partial charge >= 0.3 is 0 Å². The van der Waals surface area contributed by atoms with Gasteiger partial charge in [-0.2, -0.15) is 5.10 Å². The fraction of sp³-hybridized carbons (Fsp3) is 0.450. The Hall–Kier alpha value is -2.58. The van der Waals surface area contributed by atoms with Crippen molar-refractivity contribution in [1.82, 2.24) is 25.5 Å². The Morgan fingerprint density at radius 3 is 3.04 bits per heavy atom. The van der Waals surface area contributed by atoms with Crippen molar-refractivity contribution < 1.29 is 13.8 Å². The van der Waals surface area contributed by atoms with E-state index in [2.05, 4.69) is 39.3 Å². The van der Waals surface area contributed by atoms with Crippen LogP contribution in [0.3, 0.4) is 0 Å². The maximum absolute atomic E-state index is 14.6. The molecule has 1 unspecified atom stereocenters. The molecule has 3 aromatic heterocycles. The average molecular weight is 391 g/mol. The monoisotopic (exact) mass is 390 g/mol. The maximum Gasteiger partial charge on any atom is 0.181 e. The van der Waals surface area contributed by atoms with Crippen LogP contribution < -0.4 is 10.2 Å². The summed E-state index contributed by atoms with van der Waals surface area (Å²) in [4.78, 5) is 10.8. The first-order valence-corrected chi connectivity index (χ1v) is 9.59. The Balaban J connectivity index is 0.00000160. The number of fused-ring (bicyclic) bond motifs is 1. The van der Waals surface area contributed by atoms with E-state index in [1.165, 1.54) is 6.07 Å². The van der Waals surface area contributed by atoms with E-state index in [-0.39, 0.29) is 9.97 Å². The number of aliphatic hydroxyl groups is 1. The summed E-state index contributed by atoms with van der Waals surface area (Å²) in [5.74, 6) is 0.574. The molecule has 1 saturated heterocycles. The summed E-state index contributed by atoms with van der Waals surface area (Å²) in [6, 6.07) is 6.71. The van der Waals surface area contributed by atoms with Crippen LogP contribution in [0.15, 0.2) is 30.5 Å². The summed E-state index contributed by atoms with van der Waals surface area (Å²) in [6.07, 6.45) is 2.33. The number of nitrogens with zero attached hydrogens (tertiary/aromatic N) is 4. The van der Waals surface area contributed by atoms with Crippen molar-refractivity contribution in [3.05, 3.63) is 36.3 Å². The lowest BCUT2D eigenvalue weighted by atomic mass is 9.92. The molecule has 0 radical (unpaired) electrons. The van der Waals surface area contributed by atoms with Crippen molar-refractivity contribution in [1.29, 1.82) is 0 Å². The predicted molar refractivity (Wildman–Crippen MR) is 113 cm³/mol. The second-order valence-corrected chi connectivity index (χ2v) is 7.89. The van der Waals surface area contributed by atoms with Crippen LogP contribution in [0.2, 0.25) is 0 Å². The third-order valence-electron chi connectivity index (χ3n) is 5.01. The van der Waals surface area contributed by atoms with E-state index in [1.54, 1.807) is 18.3 Å². The minimum Gasteiger partial charge on any atom is -0.387 e. The van der Waals surface area contributed by atoms with Crippen molar-refractivity contribution in [2.24, 2.45) is 5.92 Å². The van der Waals surface area contributed by atoms with E-state index < -0.39 is 11.4 Å². The number of nitrogens with one attached hydrogen (secondary N) is 2. The Morgan fingerprint density at radius 2 is 2.21 bits per heavy atom. The van der Waals surface area contributed by atoms with Crippen molar-refractivity contribution in [2.75, 3.05) is 31.1 Å². The van der Waals surface area contributed by atoms with E-state index in [4.69, 9.17) is 0 Å². The Morgan fingerprint density at radius 1 is 1.36 bits per heavy atom. The molecule has 8 heteroatoms. The Kier molecular flexibility index (Phi) is 4.99. The van der Waals surface area contributed by atoms with E-state index in [0.717, 1.165) is 11.9 Å². The first-order valence-electron chi connectivity index (χ1n) is 9.59. The average Bonchev–Trinajstić information content (AvgIpc) is 2.98. The molecule has 4 heterocycles. The Bertz CT molecular complexity index is 988. The molecule has 0 aromatic carbocycles. The van der Waals surface area contributed by atoms with Crippen LogP contribution in [0.4, 0.5) is 10.2 Å². The number of H-pyrrole nitrogens is 1. The number of β-amino-alcohol motifs (C(OH)–C–C–N with tert-alkyl or cyclic N) is 1. The van der Waals surface area contributed by atoms with E-state index in [0.29, 0.717) is 49.1 Å². The molecule has 0 amide bonds. The number of hydrogen-bond acceptors (Lipinski definition) is 6. The second-order valence-electron chi connectivity index (χ2n) is 7.89. The second kappa shape index (κ2) is 7.44. The zero-order valence-corrected chi connectivity index (χ0v) is 16.1. The van der Waals surface area contributed by atoms with Gasteiger partial charge in [0.2, 0.25) is 0 Å². The summed E-state index contributed by atoms with van der Waals surface area (Å²) < 4.78 is 14.6. The van der Waals surface area contributed by atoms with Crippen LogP contribution in [0, 0.1) is 11.7 Å². The van der Waals surface area contributed by atoms with Gasteiger partial charge in [-0.25, -0.2) is 14.4 Å². The smallest absolute Gasteiger partial charge is 0.181 e. The third-order valence-corrected chi connectivity index (χ3v) is 5.01. The third kappa shape index (κ3) is 3.70. The molecule has 0 aliphatic carbocycles. The van der Waals surface area contributed by atoms with Crippen molar-refractivity contribution in [3.8, 4) is 11.4 Å². The van der Waals surface area contributed by atoms with Gasteiger partial charge < -0.3 is 15.3 Å². The van der Waals surface area contributed by atoms with Gasteiger partial charge in [0.1, 0.15) is 11.5 Å². The Labute approximate surface area is 167 Å². The van der Waals surface area contributed by atoms with Crippen molar-refractivity contribution >= 4 is 16.9 Å². The first kappa shape index (κ1) is 18.8. The standard InChI is InChI=1S/C20H25FN6O.3H2/c1-13(2)10-20(28)11-22-8-9-27(12-20)16-6-5-15(21)18(24-16)17-14-4-3-7-23-19(14)26-25-17;;;/h3-7,13,22,28H,8-12H2,1-2H3,(H,23,25,26);3*1H. The quantitative estimate of drug-likeness (QED) is 0.634. The maximum atomic E-state index is 14.6. The highest BCUT2D eigenvalue weighted by Gasteiger charge is 2.33. The molecule has 154 valence electrons. The van der Waals surface area contributed by atoms with E-state index in [9.17, 15) is 9.50 Å². The lowest BCUT2D eigenvalue weighted by molar-refractivity contribution is 0.0321. The molecule has 0 spiro atoms. The largest absolute Gasteiger partial charge is 0.387 e. The molecule has 3 N–H and O–H groups in total. The van der Waals surface area contributed by atoms with Gasteiger partial charge in [-0.3, -0.25) is 5.10 Å².